The Kier molecular flexibility index (Phi) is 1.96. The lowest BCUT2D eigenvalue weighted by Crippen LogP contribution is -2.04. The van der Waals surface area contributed by atoms with Gasteiger partial charge in [0, 0.05) is 0 Å². The molecule has 81 valence electrons. The van der Waals surface area contributed by atoms with Crippen LogP contribution in [0.2, 0.25) is 0 Å². The number of rotatable bonds is 0. The molecule has 0 aliphatic carbocycles. The van der Waals surface area contributed by atoms with Crippen LogP contribution in [0.25, 0.3) is 10.9 Å². The average molecular weight is 215 g/mol. The Labute approximate surface area is 92.9 Å². The van der Waals surface area contributed by atoms with Crippen molar-refractivity contribution in [1.29, 1.82) is 0 Å². The molecular weight excluding hydrogens is 204 g/mol. The van der Waals surface area contributed by atoms with Crippen LogP contribution in [-0.2, 0) is 6.42 Å². The zero-order chi connectivity index (χ0) is 11.1. The molecule has 0 saturated carbocycles. The second kappa shape index (κ2) is 3.33. The van der Waals surface area contributed by atoms with Crippen LogP contribution in [0.5, 0.6) is 11.6 Å². The van der Waals surface area contributed by atoms with Gasteiger partial charge in [-0.1, -0.05) is 0 Å². The van der Waals surface area contributed by atoms with Crippen molar-refractivity contribution in [2.45, 2.75) is 19.8 Å². The van der Waals surface area contributed by atoms with Gasteiger partial charge in [-0.05, 0) is 37.5 Å². The summed E-state index contributed by atoms with van der Waals surface area (Å²) in [6.07, 6.45) is 1.86. The average Bonchev–Trinajstić information content (AvgIpc) is 2.27. The summed E-state index contributed by atoms with van der Waals surface area (Å²) in [5.74, 6) is 1.38. The fraction of sp³-hybridized carbons (Fsp3) is 0.250. The predicted octanol–water partition coefficient (Wildman–Crippen LogP) is 2.13. The summed E-state index contributed by atoms with van der Waals surface area (Å²) in [5, 5.41) is 10.4. The summed E-state index contributed by atoms with van der Waals surface area (Å²) in [5.41, 5.74) is 1.90. The van der Waals surface area contributed by atoms with E-state index in [0.29, 0.717) is 11.2 Å². The molecule has 0 fully saturated rings. The lowest BCUT2D eigenvalue weighted by atomic mass is 10.0. The van der Waals surface area contributed by atoms with Gasteiger partial charge in [0.05, 0.1) is 10.9 Å². The van der Waals surface area contributed by atoms with Crippen molar-refractivity contribution in [3.8, 4) is 11.6 Å². The third-order valence-electron chi connectivity index (χ3n) is 2.71. The van der Waals surface area contributed by atoms with Gasteiger partial charge in [0.15, 0.2) is 0 Å². The fourth-order valence-corrected chi connectivity index (χ4v) is 1.96. The minimum Gasteiger partial charge on any atom is -0.493 e. The van der Waals surface area contributed by atoms with Gasteiger partial charge in [-0.3, -0.25) is 0 Å². The molecule has 0 bridgehead atoms. The van der Waals surface area contributed by atoms with Gasteiger partial charge in [-0.2, -0.15) is 4.98 Å². The summed E-state index contributed by atoms with van der Waals surface area (Å²) < 4.78 is 5.43. The lowest BCUT2D eigenvalue weighted by molar-refractivity contribution is 0.366. The first kappa shape index (κ1) is 9.39. The summed E-state index contributed by atoms with van der Waals surface area (Å²) in [6.45, 7) is 3.54. The molecule has 1 radical (unpaired) electrons. The van der Waals surface area contributed by atoms with Crippen molar-refractivity contribution < 1.29 is 9.84 Å². The van der Waals surface area contributed by atoms with Gasteiger partial charge in [-0.15, -0.1) is 0 Å². The summed E-state index contributed by atoms with van der Waals surface area (Å²) in [6, 6.07) is 3.77. The van der Waals surface area contributed by atoms with Crippen LogP contribution in [0.4, 0.5) is 0 Å². The highest BCUT2D eigenvalue weighted by Gasteiger charge is 2.14. The van der Waals surface area contributed by atoms with E-state index in [9.17, 15) is 5.11 Å². The second-order valence-electron chi connectivity index (χ2n) is 3.89. The Morgan fingerprint density at radius 2 is 2.19 bits per heavy atom. The zero-order valence-electron chi connectivity index (χ0n) is 8.90. The molecule has 1 aromatic heterocycles. The second-order valence-corrected chi connectivity index (χ2v) is 3.89. The number of aromatic hydroxyl groups is 1. The Bertz CT molecular complexity index is 566. The van der Waals surface area contributed by atoms with Crippen LogP contribution < -0.4 is 4.74 Å². The van der Waals surface area contributed by atoms with E-state index < -0.39 is 0 Å². The van der Waals surface area contributed by atoms with E-state index in [1.807, 2.05) is 6.07 Å². The van der Waals surface area contributed by atoms with Crippen molar-refractivity contribution in [2.75, 3.05) is 0 Å². The van der Waals surface area contributed by atoms with Crippen LogP contribution in [0.1, 0.15) is 17.8 Å². The van der Waals surface area contributed by atoms with Crippen LogP contribution in [0.15, 0.2) is 12.1 Å². The largest absolute Gasteiger partial charge is 0.493 e. The van der Waals surface area contributed by atoms with E-state index in [1.54, 1.807) is 19.6 Å². The zero-order valence-corrected chi connectivity index (χ0v) is 8.90. The Balaban J connectivity index is 2.31. The van der Waals surface area contributed by atoms with Crippen molar-refractivity contribution in [3.63, 3.8) is 0 Å². The van der Waals surface area contributed by atoms with Gasteiger partial charge in [-0.25, -0.2) is 4.98 Å². The molecule has 16 heavy (non-hydrogen) atoms. The standard InChI is InChI=1S/C12H11N2O2/c1-7-13-10-5-8-3-2-4-16-11(8)6-9(10)12(15)14-7/h4-6H,2-3H2,1H3,(H,13,14,15). The molecule has 1 aliphatic rings. The molecule has 0 saturated heterocycles. The molecule has 1 aliphatic heterocycles. The number of hydrogen-bond donors (Lipinski definition) is 1. The lowest BCUT2D eigenvalue weighted by Gasteiger charge is -2.17. The number of nitrogens with zero attached hydrogens (tertiary/aromatic N) is 2. The third-order valence-corrected chi connectivity index (χ3v) is 2.71. The number of benzene rings is 1. The number of fused-ring (bicyclic) bond motifs is 2. The number of hydrogen-bond acceptors (Lipinski definition) is 4. The summed E-state index contributed by atoms with van der Waals surface area (Å²) >= 11 is 0. The quantitative estimate of drug-likeness (QED) is 0.731. The van der Waals surface area contributed by atoms with Crippen LogP contribution in [0, 0.1) is 13.5 Å². The predicted molar refractivity (Wildman–Crippen MR) is 59.2 cm³/mol. The first-order valence-electron chi connectivity index (χ1n) is 5.22. The van der Waals surface area contributed by atoms with Gasteiger partial charge < -0.3 is 9.84 Å². The molecule has 2 heterocycles. The van der Waals surface area contributed by atoms with E-state index in [4.69, 9.17) is 4.74 Å². The third kappa shape index (κ3) is 1.38. The minimum absolute atomic E-state index is 0.0134. The summed E-state index contributed by atoms with van der Waals surface area (Å²) in [4.78, 5) is 8.24. The van der Waals surface area contributed by atoms with Crippen molar-refractivity contribution in [2.24, 2.45) is 0 Å². The van der Waals surface area contributed by atoms with Gasteiger partial charge >= 0.3 is 0 Å². The van der Waals surface area contributed by atoms with E-state index in [2.05, 4.69) is 9.97 Å². The maximum absolute atomic E-state index is 9.74. The number of aryl methyl sites for hydroxylation is 2. The Morgan fingerprint density at radius 1 is 1.31 bits per heavy atom. The molecule has 4 nitrogen and oxygen atoms in total. The van der Waals surface area contributed by atoms with Crippen molar-refractivity contribution in [1.82, 2.24) is 9.97 Å². The summed E-state index contributed by atoms with van der Waals surface area (Å²) in [7, 11) is 0. The Morgan fingerprint density at radius 3 is 3.06 bits per heavy atom. The highest BCUT2D eigenvalue weighted by molar-refractivity contribution is 5.85. The maximum atomic E-state index is 9.74. The SMILES string of the molecule is Cc1nc(O)c2cc3c(cc2n1)CC[CH]O3. The topological polar surface area (TPSA) is 55.2 Å². The molecule has 4 heteroatoms. The minimum atomic E-state index is 0.0134. The monoisotopic (exact) mass is 215 g/mol. The smallest absolute Gasteiger partial charge is 0.222 e. The van der Waals surface area contributed by atoms with E-state index >= 15 is 0 Å². The highest BCUT2D eigenvalue weighted by Crippen LogP contribution is 2.33. The van der Waals surface area contributed by atoms with E-state index in [1.165, 1.54) is 0 Å². The first-order valence-corrected chi connectivity index (χ1v) is 5.22. The highest BCUT2D eigenvalue weighted by atomic mass is 16.5. The maximum Gasteiger partial charge on any atom is 0.222 e. The number of ether oxygens (including phenoxy) is 1. The molecule has 2 aromatic rings. The van der Waals surface area contributed by atoms with Gasteiger partial charge in [0.25, 0.3) is 0 Å². The van der Waals surface area contributed by atoms with Gasteiger partial charge in [0.2, 0.25) is 5.88 Å². The van der Waals surface area contributed by atoms with Crippen LogP contribution in [0.3, 0.4) is 0 Å². The molecule has 1 aromatic carbocycles. The van der Waals surface area contributed by atoms with Crippen molar-refractivity contribution >= 4 is 10.9 Å². The molecule has 0 atom stereocenters. The molecular formula is C12H11N2O2. The number of aromatic nitrogens is 2. The Hall–Kier alpha value is -1.84. The van der Waals surface area contributed by atoms with E-state index in [-0.39, 0.29) is 5.88 Å². The molecule has 0 unspecified atom stereocenters. The van der Waals surface area contributed by atoms with Crippen LogP contribution >= 0.6 is 0 Å². The van der Waals surface area contributed by atoms with Gasteiger partial charge in [0.1, 0.15) is 18.2 Å². The molecule has 0 spiro atoms. The molecule has 1 N–H and O–H groups in total. The first-order chi connectivity index (χ1) is 7.74. The van der Waals surface area contributed by atoms with E-state index in [0.717, 1.165) is 29.7 Å². The molecule has 0 amide bonds. The van der Waals surface area contributed by atoms with Crippen molar-refractivity contribution in [3.05, 3.63) is 30.1 Å². The normalized spacial score (nSPS) is 14.6. The van der Waals surface area contributed by atoms with Crippen LogP contribution in [-0.4, -0.2) is 15.1 Å². The fourth-order valence-electron chi connectivity index (χ4n) is 1.96. The molecule has 3 rings (SSSR count).